The fourth-order valence-corrected chi connectivity index (χ4v) is 3.72. The average Bonchev–Trinajstić information content (AvgIpc) is 2.57. The summed E-state index contributed by atoms with van der Waals surface area (Å²) in [5.74, 6) is 0.124. The molecular formula is C17H19ClN2O6S. The second kappa shape index (κ2) is 8.66. The summed E-state index contributed by atoms with van der Waals surface area (Å²) < 4.78 is 37.7. The van der Waals surface area contributed by atoms with Gasteiger partial charge in [-0.1, -0.05) is 17.7 Å². The van der Waals surface area contributed by atoms with E-state index in [4.69, 9.17) is 21.1 Å². The molecule has 0 spiro atoms. The van der Waals surface area contributed by atoms with Gasteiger partial charge in [-0.3, -0.25) is 10.1 Å². The molecule has 0 aliphatic heterocycles. The first-order chi connectivity index (χ1) is 12.6. The number of nitro groups is 1. The number of methoxy groups -OCH3 is 1. The van der Waals surface area contributed by atoms with Crippen LogP contribution in [0.25, 0.3) is 0 Å². The SMILES string of the molecule is COC[C@@H](C)NS(=O)(=O)c1ccc(Oc2cc(C)ccc2Cl)c([N+](=O)[O-])c1. The molecular weight excluding hydrogens is 396 g/mol. The first kappa shape index (κ1) is 21.1. The van der Waals surface area contributed by atoms with Crippen LogP contribution < -0.4 is 9.46 Å². The fraction of sp³-hybridized carbons (Fsp3) is 0.294. The van der Waals surface area contributed by atoms with Gasteiger partial charge in [0.15, 0.2) is 0 Å². The highest BCUT2D eigenvalue weighted by Crippen LogP contribution is 2.36. The minimum Gasteiger partial charge on any atom is -0.449 e. The molecule has 0 radical (unpaired) electrons. The van der Waals surface area contributed by atoms with Gasteiger partial charge in [-0.15, -0.1) is 0 Å². The first-order valence-electron chi connectivity index (χ1n) is 7.87. The summed E-state index contributed by atoms with van der Waals surface area (Å²) in [7, 11) is -2.52. The van der Waals surface area contributed by atoms with E-state index < -0.39 is 26.7 Å². The highest BCUT2D eigenvalue weighted by molar-refractivity contribution is 7.89. The van der Waals surface area contributed by atoms with Crippen molar-refractivity contribution in [3.8, 4) is 11.5 Å². The van der Waals surface area contributed by atoms with Crippen molar-refractivity contribution in [2.45, 2.75) is 24.8 Å². The molecule has 0 heterocycles. The molecule has 146 valence electrons. The molecule has 0 amide bonds. The van der Waals surface area contributed by atoms with E-state index in [1.807, 2.05) is 6.92 Å². The Balaban J connectivity index is 2.39. The molecule has 0 saturated carbocycles. The van der Waals surface area contributed by atoms with Crippen molar-refractivity contribution in [2.75, 3.05) is 13.7 Å². The summed E-state index contributed by atoms with van der Waals surface area (Å²) in [4.78, 5) is 10.5. The van der Waals surface area contributed by atoms with E-state index in [0.29, 0.717) is 0 Å². The summed E-state index contributed by atoms with van der Waals surface area (Å²) in [6.07, 6.45) is 0. The molecule has 0 saturated heterocycles. The molecule has 27 heavy (non-hydrogen) atoms. The van der Waals surface area contributed by atoms with Gasteiger partial charge in [-0.25, -0.2) is 13.1 Å². The van der Waals surface area contributed by atoms with Gasteiger partial charge in [-0.2, -0.15) is 0 Å². The summed E-state index contributed by atoms with van der Waals surface area (Å²) in [5, 5.41) is 11.7. The van der Waals surface area contributed by atoms with Crippen molar-refractivity contribution in [1.29, 1.82) is 0 Å². The molecule has 8 nitrogen and oxygen atoms in total. The standard InChI is InChI=1S/C17H19ClN2O6S/c1-11-4-6-14(18)17(8-11)26-16-7-5-13(9-15(16)20(21)22)27(23,24)19-12(2)10-25-3/h4-9,12,19H,10H2,1-3H3/t12-/m1/s1. The smallest absolute Gasteiger partial charge is 0.312 e. The zero-order chi connectivity index (χ0) is 20.2. The van der Waals surface area contributed by atoms with Crippen LogP contribution in [-0.2, 0) is 14.8 Å². The third-order valence-corrected chi connectivity index (χ3v) is 5.42. The zero-order valence-electron chi connectivity index (χ0n) is 14.9. The zero-order valence-corrected chi connectivity index (χ0v) is 16.5. The van der Waals surface area contributed by atoms with E-state index >= 15 is 0 Å². The van der Waals surface area contributed by atoms with Crippen LogP contribution >= 0.6 is 11.6 Å². The van der Waals surface area contributed by atoms with E-state index in [-0.39, 0.29) is 28.0 Å². The van der Waals surface area contributed by atoms with Crippen molar-refractivity contribution in [1.82, 2.24) is 4.72 Å². The van der Waals surface area contributed by atoms with Gasteiger partial charge < -0.3 is 9.47 Å². The van der Waals surface area contributed by atoms with E-state index in [1.165, 1.54) is 19.2 Å². The minimum atomic E-state index is -3.96. The van der Waals surface area contributed by atoms with Crippen molar-refractivity contribution < 1.29 is 22.8 Å². The molecule has 0 aromatic heterocycles. The second-order valence-electron chi connectivity index (χ2n) is 5.90. The highest BCUT2D eigenvalue weighted by Gasteiger charge is 2.24. The number of rotatable bonds is 8. The van der Waals surface area contributed by atoms with E-state index in [9.17, 15) is 18.5 Å². The predicted octanol–water partition coefficient (Wildman–Crippen LogP) is 3.66. The number of benzene rings is 2. The van der Waals surface area contributed by atoms with Gasteiger partial charge >= 0.3 is 5.69 Å². The lowest BCUT2D eigenvalue weighted by Crippen LogP contribution is -2.35. The van der Waals surface area contributed by atoms with E-state index in [0.717, 1.165) is 11.6 Å². The maximum Gasteiger partial charge on any atom is 0.312 e. The van der Waals surface area contributed by atoms with Gasteiger partial charge in [0.2, 0.25) is 15.8 Å². The Labute approximate surface area is 162 Å². The van der Waals surface area contributed by atoms with Crippen LogP contribution in [0.1, 0.15) is 12.5 Å². The van der Waals surface area contributed by atoms with Crippen LogP contribution in [0.3, 0.4) is 0 Å². The van der Waals surface area contributed by atoms with Crippen LogP contribution in [0, 0.1) is 17.0 Å². The number of hydrogen-bond donors (Lipinski definition) is 1. The number of sulfonamides is 1. The Morgan fingerprint density at radius 3 is 2.56 bits per heavy atom. The lowest BCUT2D eigenvalue weighted by molar-refractivity contribution is -0.385. The largest absolute Gasteiger partial charge is 0.449 e. The monoisotopic (exact) mass is 414 g/mol. The Hall–Kier alpha value is -2.20. The van der Waals surface area contributed by atoms with Crippen molar-refractivity contribution in [2.24, 2.45) is 0 Å². The van der Waals surface area contributed by atoms with Crippen LogP contribution in [0.4, 0.5) is 5.69 Å². The number of nitrogens with zero attached hydrogens (tertiary/aromatic N) is 1. The Kier molecular flexibility index (Phi) is 6.77. The molecule has 2 aromatic rings. The average molecular weight is 415 g/mol. The quantitative estimate of drug-likeness (QED) is 0.521. The molecule has 0 aliphatic carbocycles. The molecule has 0 fully saturated rings. The van der Waals surface area contributed by atoms with E-state index in [2.05, 4.69) is 4.72 Å². The van der Waals surface area contributed by atoms with Gasteiger partial charge in [0, 0.05) is 19.2 Å². The lowest BCUT2D eigenvalue weighted by Gasteiger charge is -2.14. The number of halogens is 1. The normalized spacial score (nSPS) is 12.6. The van der Waals surface area contributed by atoms with Crippen LogP contribution in [0.5, 0.6) is 11.5 Å². The number of nitrogens with one attached hydrogen (secondary N) is 1. The first-order valence-corrected chi connectivity index (χ1v) is 9.74. The third kappa shape index (κ3) is 5.39. The third-order valence-electron chi connectivity index (χ3n) is 3.52. The summed E-state index contributed by atoms with van der Waals surface area (Å²) in [6, 6.07) is 7.91. The topological polar surface area (TPSA) is 108 Å². The van der Waals surface area contributed by atoms with Gasteiger partial charge in [0.25, 0.3) is 0 Å². The van der Waals surface area contributed by atoms with Crippen LogP contribution in [0.2, 0.25) is 5.02 Å². The van der Waals surface area contributed by atoms with E-state index in [1.54, 1.807) is 25.1 Å². The molecule has 0 unspecified atom stereocenters. The van der Waals surface area contributed by atoms with Crippen LogP contribution in [0.15, 0.2) is 41.3 Å². The van der Waals surface area contributed by atoms with Gasteiger partial charge in [-0.05, 0) is 43.7 Å². The Morgan fingerprint density at radius 2 is 1.93 bits per heavy atom. The maximum absolute atomic E-state index is 12.4. The molecule has 10 heteroatoms. The van der Waals surface area contributed by atoms with Gasteiger partial charge in [0.1, 0.15) is 5.75 Å². The molecule has 2 rings (SSSR count). The highest BCUT2D eigenvalue weighted by atomic mass is 35.5. The molecule has 2 aromatic carbocycles. The molecule has 0 aliphatic rings. The summed E-state index contributed by atoms with van der Waals surface area (Å²) in [6.45, 7) is 3.60. The van der Waals surface area contributed by atoms with Crippen molar-refractivity contribution in [3.05, 3.63) is 57.1 Å². The number of hydrogen-bond acceptors (Lipinski definition) is 6. The molecule has 1 atom stereocenters. The fourth-order valence-electron chi connectivity index (χ4n) is 2.32. The number of aryl methyl sites for hydroxylation is 1. The molecule has 1 N–H and O–H groups in total. The predicted molar refractivity (Wildman–Crippen MR) is 101 cm³/mol. The lowest BCUT2D eigenvalue weighted by atomic mass is 10.2. The summed E-state index contributed by atoms with van der Waals surface area (Å²) >= 11 is 6.06. The van der Waals surface area contributed by atoms with Crippen molar-refractivity contribution >= 4 is 27.3 Å². The van der Waals surface area contributed by atoms with Crippen LogP contribution in [-0.4, -0.2) is 33.1 Å². The molecule has 0 bridgehead atoms. The maximum atomic E-state index is 12.4. The van der Waals surface area contributed by atoms with Gasteiger partial charge in [0.05, 0.1) is 21.4 Å². The Morgan fingerprint density at radius 1 is 1.22 bits per heavy atom. The number of ether oxygens (including phenoxy) is 2. The minimum absolute atomic E-state index is 0.114. The summed E-state index contributed by atoms with van der Waals surface area (Å²) in [5.41, 5.74) is 0.363. The van der Waals surface area contributed by atoms with Crippen molar-refractivity contribution in [3.63, 3.8) is 0 Å². The second-order valence-corrected chi connectivity index (χ2v) is 8.02. The number of nitro benzene ring substituents is 1. The Bertz CT molecular complexity index is 948.